The molecule has 0 aromatic heterocycles. The molecular weight excluding hydrogens is 142 g/mol. The second-order valence-corrected chi connectivity index (χ2v) is 3.04. The lowest BCUT2D eigenvalue weighted by atomic mass is 10.2. The summed E-state index contributed by atoms with van der Waals surface area (Å²) in [6.45, 7) is 1.07. The first-order valence-corrected chi connectivity index (χ1v) is 3.94. The van der Waals surface area contributed by atoms with Crippen LogP contribution < -0.4 is 0 Å². The molecule has 5 heteroatoms. The monoisotopic (exact) mass is 151 g/mol. The second-order valence-electron chi connectivity index (χ2n) is 2.14. The first-order chi connectivity index (χ1) is 4.18. The lowest BCUT2D eigenvalue weighted by molar-refractivity contribution is 0.0140. The van der Waals surface area contributed by atoms with Gasteiger partial charge in [0, 0.05) is 13.1 Å². The highest BCUT2D eigenvalue weighted by Gasteiger charge is 2.24. The van der Waals surface area contributed by atoms with Crippen molar-refractivity contribution in [1.29, 1.82) is 0 Å². The van der Waals surface area contributed by atoms with E-state index in [2.05, 4.69) is 0 Å². The number of hydrogen-bond donors (Lipinski definition) is 2. The molecule has 0 aromatic carbocycles. The van der Waals surface area contributed by atoms with Crippen molar-refractivity contribution in [3.8, 4) is 0 Å². The van der Waals surface area contributed by atoms with Gasteiger partial charge in [-0.15, -0.1) is 0 Å². The van der Waals surface area contributed by atoms with Gasteiger partial charge in [-0.3, -0.25) is 4.90 Å². The molecule has 4 nitrogen and oxygen atoms in total. The molecule has 9 heavy (non-hydrogen) atoms. The van der Waals surface area contributed by atoms with E-state index >= 15 is 0 Å². The fraction of sp³-hybridized carbons (Fsp3) is 1.00. The van der Waals surface area contributed by atoms with Crippen molar-refractivity contribution < 1.29 is 13.9 Å². The SMILES string of the molecule is O=S(O)CN1CC(O)C1. The Hall–Kier alpha value is 0.0300. The summed E-state index contributed by atoms with van der Waals surface area (Å²) in [5.74, 6) is 0.164. The van der Waals surface area contributed by atoms with Gasteiger partial charge in [0.25, 0.3) is 0 Å². The molecule has 1 aliphatic rings. The van der Waals surface area contributed by atoms with E-state index < -0.39 is 11.1 Å². The first-order valence-electron chi connectivity index (χ1n) is 2.66. The van der Waals surface area contributed by atoms with E-state index in [1.807, 2.05) is 0 Å². The third-order valence-corrected chi connectivity index (χ3v) is 1.82. The standard InChI is InChI=1S/C4H9NO3S/c6-4-1-5(2-4)3-9(7)8/h4,6H,1-3H2,(H,7,8). The summed E-state index contributed by atoms with van der Waals surface area (Å²) in [6.07, 6.45) is -0.284. The van der Waals surface area contributed by atoms with Crippen LogP contribution in [0.15, 0.2) is 0 Å². The molecule has 0 amide bonds. The van der Waals surface area contributed by atoms with Gasteiger partial charge in [0.1, 0.15) is 5.88 Å². The van der Waals surface area contributed by atoms with Crippen LogP contribution in [0.1, 0.15) is 0 Å². The van der Waals surface area contributed by atoms with Crippen LogP contribution in [0.25, 0.3) is 0 Å². The average Bonchev–Trinajstić information content (AvgIpc) is 1.60. The predicted octanol–water partition coefficient (Wildman–Crippen LogP) is -1.16. The Balaban J connectivity index is 2.11. The Labute approximate surface area is 55.8 Å². The van der Waals surface area contributed by atoms with Crippen LogP contribution in [0.4, 0.5) is 0 Å². The zero-order valence-corrected chi connectivity index (χ0v) is 5.67. The first kappa shape index (κ1) is 7.14. The van der Waals surface area contributed by atoms with E-state index in [-0.39, 0.29) is 12.0 Å². The fourth-order valence-electron chi connectivity index (χ4n) is 0.804. The molecular formula is C4H9NO3S. The van der Waals surface area contributed by atoms with Crippen molar-refractivity contribution in [3.63, 3.8) is 0 Å². The van der Waals surface area contributed by atoms with Crippen LogP contribution in [-0.4, -0.2) is 43.8 Å². The van der Waals surface area contributed by atoms with Crippen molar-refractivity contribution >= 4 is 11.1 Å². The number of hydrogen-bond acceptors (Lipinski definition) is 3. The minimum Gasteiger partial charge on any atom is -0.390 e. The van der Waals surface area contributed by atoms with Crippen molar-refractivity contribution in [2.45, 2.75) is 6.10 Å². The Morgan fingerprint density at radius 3 is 2.56 bits per heavy atom. The minimum absolute atomic E-state index is 0.164. The Morgan fingerprint density at radius 2 is 2.22 bits per heavy atom. The third kappa shape index (κ3) is 2.02. The van der Waals surface area contributed by atoms with Gasteiger partial charge in [0.2, 0.25) is 0 Å². The number of β-amino-alcohol motifs (C(OH)–C–C–N with tert-alkyl or cyclic N) is 1. The number of aliphatic hydroxyl groups excluding tert-OH is 1. The molecule has 1 fully saturated rings. The molecule has 1 saturated heterocycles. The van der Waals surface area contributed by atoms with Crippen LogP contribution >= 0.6 is 0 Å². The molecule has 0 spiro atoms. The highest BCUT2D eigenvalue weighted by molar-refractivity contribution is 7.79. The molecule has 0 bridgehead atoms. The number of nitrogens with zero attached hydrogens (tertiary/aromatic N) is 1. The van der Waals surface area contributed by atoms with E-state index in [4.69, 9.17) is 9.66 Å². The van der Waals surface area contributed by atoms with Gasteiger partial charge in [-0.1, -0.05) is 0 Å². The van der Waals surface area contributed by atoms with Gasteiger partial charge in [-0.2, -0.15) is 0 Å². The molecule has 1 aliphatic heterocycles. The van der Waals surface area contributed by atoms with Crippen LogP contribution in [0.5, 0.6) is 0 Å². The molecule has 0 radical (unpaired) electrons. The molecule has 1 unspecified atom stereocenters. The van der Waals surface area contributed by atoms with Gasteiger partial charge >= 0.3 is 0 Å². The second kappa shape index (κ2) is 2.74. The predicted molar refractivity (Wildman–Crippen MR) is 33.2 cm³/mol. The Bertz CT molecular complexity index is 123. The van der Waals surface area contributed by atoms with Crippen molar-refractivity contribution in [1.82, 2.24) is 4.90 Å². The van der Waals surface area contributed by atoms with E-state index in [1.54, 1.807) is 4.90 Å². The lowest BCUT2D eigenvalue weighted by Crippen LogP contribution is -2.51. The van der Waals surface area contributed by atoms with E-state index in [0.717, 1.165) is 0 Å². The van der Waals surface area contributed by atoms with Crippen LogP contribution in [-0.2, 0) is 11.1 Å². The van der Waals surface area contributed by atoms with Crippen LogP contribution in [0.3, 0.4) is 0 Å². The normalized spacial score (nSPS) is 25.6. The summed E-state index contributed by atoms with van der Waals surface area (Å²) in [6, 6.07) is 0. The molecule has 1 heterocycles. The van der Waals surface area contributed by atoms with Gasteiger partial charge in [0.05, 0.1) is 6.10 Å². The smallest absolute Gasteiger partial charge is 0.167 e. The highest BCUT2D eigenvalue weighted by atomic mass is 32.2. The molecule has 54 valence electrons. The van der Waals surface area contributed by atoms with Crippen molar-refractivity contribution in [3.05, 3.63) is 0 Å². The minimum atomic E-state index is -1.74. The maximum Gasteiger partial charge on any atom is 0.167 e. The maximum absolute atomic E-state index is 10.1. The highest BCUT2D eigenvalue weighted by Crippen LogP contribution is 2.05. The zero-order valence-electron chi connectivity index (χ0n) is 4.86. The fourth-order valence-corrected chi connectivity index (χ4v) is 1.33. The summed E-state index contributed by atoms with van der Waals surface area (Å²) in [5, 5.41) is 8.71. The number of aliphatic hydroxyl groups is 1. The topological polar surface area (TPSA) is 60.8 Å². The Morgan fingerprint density at radius 1 is 1.67 bits per heavy atom. The molecule has 2 N–H and O–H groups in total. The van der Waals surface area contributed by atoms with Gasteiger partial charge in [0.15, 0.2) is 11.1 Å². The Kier molecular flexibility index (Phi) is 2.18. The summed E-state index contributed by atoms with van der Waals surface area (Å²) in [5.41, 5.74) is 0. The van der Waals surface area contributed by atoms with E-state index in [1.165, 1.54) is 0 Å². The van der Waals surface area contributed by atoms with Gasteiger partial charge < -0.3 is 9.66 Å². The largest absolute Gasteiger partial charge is 0.390 e. The average molecular weight is 151 g/mol. The van der Waals surface area contributed by atoms with E-state index in [0.29, 0.717) is 13.1 Å². The summed E-state index contributed by atoms with van der Waals surface area (Å²) >= 11 is -1.74. The van der Waals surface area contributed by atoms with Crippen LogP contribution in [0.2, 0.25) is 0 Å². The molecule has 0 aromatic rings. The van der Waals surface area contributed by atoms with Gasteiger partial charge in [-0.05, 0) is 0 Å². The van der Waals surface area contributed by atoms with Gasteiger partial charge in [-0.25, -0.2) is 4.21 Å². The maximum atomic E-state index is 10.1. The molecule has 1 rings (SSSR count). The molecule has 0 aliphatic carbocycles. The summed E-state index contributed by atoms with van der Waals surface area (Å²) in [4.78, 5) is 1.72. The summed E-state index contributed by atoms with van der Waals surface area (Å²) in [7, 11) is 0. The lowest BCUT2D eigenvalue weighted by Gasteiger charge is -2.34. The van der Waals surface area contributed by atoms with Crippen LogP contribution in [0, 0.1) is 0 Å². The summed E-state index contributed by atoms with van der Waals surface area (Å²) < 4.78 is 18.4. The quantitative estimate of drug-likeness (QED) is 0.489. The third-order valence-electron chi connectivity index (χ3n) is 1.23. The van der Waals surface area contributed by atoms with Crippen molar-refractivity contribution in [2.24, 2.45) is 0 Å². The van der Waals surface area contributed by atoms with Crippen molar-refractivity contribution in [2.75, 3.05) is 19.0 Å². The zero-order chi connectivity index (χ0) is 6.85. The molecule has 1 atom stereocenters. The van der Waals surface area contributed by atoms with E-state index in [9.17, 15) is 4.21 Å². The molecule has 0 saturated carbocycles. The number of rotatable bonds is 2. The number of likely N-dealkylation sites (tertiary alicyclic amines) is 1.